The maximum absolute atomic E-state index is 12.3. The number of hydrogen-bond acceptors (Lipinski definition) is 4. The predicted molar refractivity (Wildman–Crippen MR) is 109 cm³/mol. The third kappa shape index (κ3) is 6.60. The maximum atomic E-state index is 12.3. The smallest absolute Gasteiger partial charge is 0.408 e. The van der Waals surface area contributed by atoms with E-state index in [1.807, 2.05) is 48.0 Å². The topological polar surface area (TPSA) is 65.4 Å². The standard InChI is InChI=1S/C19H26IN3O3/c1-4-25-13-23-11-17(21-18(23)20)16(10-14(2)3)22-19(24)26-12-15-8-6-5-7-9-15/h5-9,11,14,16H,4,10,12-13H2,1-3H3,(H,22,24)/t16-/m0/s1. The Morgan fingerprint density at radius 2 is 2.04 bits per heavy atom. The quantitative estimate of drug-likeness (QED) is 0.548. The van der Waals surface area contributed by atoms with Crippen molar-refractivity contribution >= 4 is 28.7 Å². The SMILES string of the molecule is CCOCn1cc([C@H](CC(C)C)NC(=O)OCc2ccccc2)nc1I. The van der Waals surface area contributed by atoms with Gasteiger partial charge in [0.1, 0.15) is 13.3 Å². The molecule has 7 heteroatoms. The number of benzene rings is 1. The average Bonchev–Trinajstić information content (AvgIpc) is 2.99. The minimum Gasteiger partial charge on any atom is -0.445 e. The van der Waals surface area contributed by atoms with E-state index in [1.165, 1.54) is 0 Å². The second-order valence-corrected chi connectivity index (χ2v) is 7.38. The zero-order valence-electron chi connectivity index (χ0n) is 15.4. The number of ether oxygens (including phenoxy) is 2. The first-order valence-corrected chi connectivity index (χ1v) is 9.85. The molecule has 142 valence electrons. The van der Waals surface area contributed by atoms with Crippen molar-refractivity contribution in [2.75, 3.05) is 6.61 Å². The van der Waals surface area contributed by atoms with Gasteiger partial charge in [-0.25, -0.2) is 9.78 Å². The van der Waals surface area contributed by atoms with E-state index in [0.717, 1.165) is 21.5 Å². The molecule has 0 saturated heterocycles. The largest absolute Gasteiger partial charge is 0.445 e. The van der Waals surface area contributed by atoms with Gasteiger partial charge in [-0.1, -0.05) is 44.2 Å². The van der Waals surface area contributed by atoms with E-state index in [4.69, 9.17) is 9.47 Å². The Labute approximate surface area is 168 Å². The molecule has 2 rings (SSSR count). The van der Waals surface area contributed by atoms with Crippen LogP contribution in [0.1, 0.15) is 44.5 Å². The summed E-state index contributed by atoms with van der Waals surface area (Å²) in [5.41, 5.74) is 1.78. The van der Waals surface area contributed by atoms with E-state index in [0.29, 0.717) is 19.3 Å². The molecule has 1 N–H and O–H groups in total. The summed E-state index contributed by atoms with van der Waals surface area (Å²) in [5, 5.41) is 2.95. The lowest BCUT2D eigenvalue weighted by Crippen LogP contribution is -2.30. The highest BCUT2D eigenvalue weighted by atomic mass is 127. The molecule has 0 aliphatic heterocycles. The highest BCUT2D eigenvalue weighted by Crippen LogP contribution is 2.22. The van der Waals surface area contributed by atoms with Crippen LogP contribution in [0.4, 0.5) is 4.79 Å². The van der Waals surface area contributed by atoms with E-state index in [9.17, 15) is 4.79 Å². The Kier molecular flexibility index (Phi) is 8.37. The van der Waals surface area contributed by atoms with E-state index in [2.05, 4.69) is 46.7 Å². The number of halogens is 1. The van der Waals surface area contributed by atoms with Crippen molar-refractivity contribution in [2.45, 2.75) is 46.6 Å². The first-order valence-electron chi connectivity index (χ1n) is 8.77. The predicted octanol–water partition coefficient (Wildman–Crippen LogP) is 4.50. The fraction of sp³-hybridized carbons (Fsp3) is 0.474. The molecule has 1 aromatic heterocycles. The van der Waals surface area contributed by atoms with E-state index < -0.39 is 6.09 Å². The van der Waals surface area contributed by atoms with Crippen molar-refractivity contribution in [3.05, 3.63) is 51.6 Å². The van der Waals surface area contributed by atoms with Crippen LogP contribution in [-0.2, 0) is 22.8 Å². The van der Waals surface area contributed by atoms with Gasteiger partial charge in [0, 0.05) is 35.4 Å². The van der Waals surface area contributed by atoms with Gasteiger partial charge in [-0.2, -0.15) is 0 Å². The van der Waals surface area contributed by atoms with Gasteiger partial charge in [-0.05, 0) is 24.8 Å². The normalized spacial score (nSPS) is 12.2. The van der Waals surface area contributed by atoms with Crippen LogP contribution in [0.5, 0.6) is 0 Å². The highest BCUT2D eigenvalue weighted by Gasteiger charge is 2.21. The van der Waals surface area contributed by atoms with Crippen molar-refractivity contribution in [2.24, 2.45) is 5.92 Å². The fourth-order valence-electron chi connectivity index (χ4n) is 2.49. The molecular formula is C19H26IN3O3. The number of hydrogen-bond donors (Lipinski definition) is 1. The molecule has 0 aliphatic rings. The summed E-state index contributed by atoms with van der Waals surface area (Å²) in [5.74, 6) is 0.407. The summed E-state index contributed by atoms with van der Waals surface area (Å²) in [6, 6.07) is 9.43. The Balaban J connectivity index is 2.01. The van der Waals surface area contributed by atoms with E-state index in [1.54, 1.807) is 0 Å². The van der Waals surface area contributed by atoms with Gasteiger partial charge in [0.25, 0.3) is 0 Å². The number of aromatic nitrogens is 2. The summed E-state index contributed by atoms with van der Waals surface area (Å²) >= 11 is 2.17. The monoisotopic (exact) mass is 471 g/mol. The number of alkyl carbamates (subject to hydrolysis) is 1. The Bertz CT molecular complexity index is 689. The third-order valence-corrected chi connectivity index (χ3v) is 4.61. The number of carbonyl (C=O) groups is 1. The summed E-state index contributed by atoms with van der Waals surface area (Å²) in [6.07, 6.45) is 2.28. The number of nitrogens with one attached hydrogen (secondary N) is 1. The molecule has 6 nitrogen and oxygen atoms in total. The number of nitrogens with zero attached hydrogens (tertiary/aromatic N) is 2. The molecule has 0 fully saturated rings. The molecule has 0 aliphatic carbocycles. The van der Waals surface area contributed by atoms with Crippen molar-refractivity contribution in [3.8, 4) is 0 Å². The van der Waals surface area contributed by atoms with Crippen LogP contribution in [0.15, 0.2) is 36.5 Å². The van der Waals surface area contributed by atoms with Crippen molar-refractivity contribution in [1.29, 1.82) is 0 Å². The molecular weight excluding hydrogens is 445 g/mol. The molecule has 0 saturated carbocycles. The van der Waals surface area contributed by atoms with E-state index in [-0.39, 0.29) is 12.6 Å². The molecule has 0 bridgehead atoms. The maximum Gasteiger partial charge on any atom is 0.408 e. The van der Waals surface area contributed by atoms with Gasteiger partial charge in [0.05, 0.1) is 11.7 Å². The molecule has 0 spiro atoms. The minimum atomic E-state index is -0.436. The molecule has 2 aromatic rings. The van der Waals surface area contributed by atoms with Gasteiger partial charge in [-0.3, -0.25) is 0 Å². The molecule has 1 heterocycles. The number of carbonyl (C=O) groups excluding carboxylic acids is 1. The number of imidazole rings is 1. The van der Waals surface area contributed by atoms with Crippen LogP contribution >= 0.6 is 22.6 Å². The first-order chi connectivity index (χ1) is 12.5. The second kappa shape index (κ2) is 10.5. The zero-order chi connectivity index (χ0) is 18.9. The average molecular weight is 471 g/mol. The summed E-state index contributed by atoms with van der Waals surface area (Å²) in [7, 11) is 0. The second-order valence-electron chi connectivity index (χ2n) is 6.41. The highest BCUT2D eigenvalue weighted by molar-refractivity contribution is 14.1. The lowest BCUT2D eigenvalue weighted by atomic mass is 10.0. The number of amides is 1. The van der Waals surface area contributed by atoms with Gasteiger partial charge >= 0.3 is 6.09 Å². The Morgan fingerprint density at radius 3 is 2.69 bits per heavy atom. The molecule has 1 aromatic carbocycles. The number of rotatable bonds is 9. The zero-order valence-corrected chi connectivity index (χ0v) is 17.6. The molecule has 26 heavy (non-hydrogen) atoms. The first kappa shape index (κ1) is 20.7. The third-order valence-electron chi connectivity index (χ3n) is 3.75. The van der Waals surface area contributed by atoms with Gasteiger partial charge < -0.3 is 19.4 Å². The van der Waals surface area contributed by atoms with Gasteiger partial charge in [0.2, 0.25) is 0 Å². The summed E-state index contributed by atoms with van der Waals surface area (Å²) in [6.45, 7) is 7.53. The summed E-state index contributed by atoms with van der Waals surface area (Å²) in [4.78, 5) is 16.8. The Hall–Kier alpha value is -1.61. The summed E-state index contributed by atoms with van der Waals surface area (Å²) < 4.78 is 13.6. The van der Waals surface area contributed by atoms with Crippen molar-refractivity contribution in [1.82, 2.24) is 14.9 Å². The molecule has 1 atom stereocenters. The Morgan fingerprint density at radius 1 is 1.31 bits per heavy atom. The lowest BCUT2D eigenvalue weighted by Gasteiger charge is -2.18. The van der Waals surface area contributed by atoms with Crippen LogP contribution in [0.3, 0.4) is 0 Å². The van der Waals surface area contributed by atoms with E-state index >= 15 is 0 Å². The van der Waals surface area contributed by atoms with Crippen LogP contribution in [0.2, 0.25) is 0 Å². The lowest BCUT2D eigenvalue weighted by molar-refractivity contribution is 0.0859. The van der Waals surface area contributed by atoms with Crippen LogP contribution in [0, 0.1) is 9.75 Å². The molecule has 0 radical (unpaired) electrons. The minimum absolute atomic E-state index is 0.199. The fourth-order valence-corrected chi connectivity index (χ4v) is 3.05. The van der Waals surface area contributed by atoms with Crippen molar-refractivity contribution < 1.29 is 14.3 Å². The van der Waals surface area contributed by atoms with Crippen LogP contribution in [-0.4, -0.2) is 22.3 Å². The van der Waals surface area contributed by atoms with Gasteiger partial charge in [-0.15, -0.1) is 0 Å². The van der Waals surface area contributed by atoms with Crippen molar-refractivity contribution in [3.63, 3.8) is 0 Å². The molecule has 0 unspecified atom stereocenters. The van der Waals surface area contributed by atoms with Crippen LogP contribution < -0.4 is 5.32 Å². The molecule has 1 amide bonds. The van der Waals surface area contributed by atoms with Crippen LogP contribution in [0.25, 0.3) is 0 Å². The van der Waals surface area contributed by atoms with Gasteiger partial charge in [0.15, 0.2) is 3.83 Å².